The van der Waals surface area contributed by atoms with Gasteiger partial charge in [0, 0.05) is 13.1 Å². The van der Waals surface area contributed by atoms with Crippen molar-refractivity contribution >= 4 is 23.8 Å². The zero-order valence-corrected chi connectivity index (χ0v) is 13.0. The van der Waals surface area contributed by atoms with Crippen LogP contribution in [0.15, 0.2) is 24.3 Å². The van der Waals surface area contributed by atoms with Crippen molar-refractivity contribution in [2.24, 2.45) is 0 Å². The normalized spacial score (nSPS) is 16.4. The van der Waals surface area contributed by atoms with Crippen LogP contribution in [-0.2, 0) is 9.53 Å². The fraction of sp³-hybridized carbons (Fsp3) is 0.375. The van der Waals surface area contributed by atoms with Gasteiger partial charge in [-0.2, -0.15) is 0 Å². The van der Waals surface area contributed by atoms with E-state index in [4.69, 9.17) is 4.74 Å². The predicted molar refractivity (Wildman–Crippen MR) is 82.4 cm³/mol. The van der Waals surface area contributed by atoms with Gasteiger partial charge in [0.15, 0.2) is 0 Å². The Balaban J connectivity index is 1.45. The van der Waals surface area contributed by atoms with E-state index in [1.54, 1.807) is 29.2 Å². The van der Waals surface area contributed by atoms with E-state index in [1.807, 2.05) is 0 Å². The zero-order valence-electron chi connectivity index (χ0n) is 13.0. The summed E-state index contributed by atoms with van der Waals surface area (Å²) in [6.07, 6.45) is 0.232. The molecule has 1 N–H and O–H groups in total. The van der Waals surface area contributed by atoms with E-state index in [2.05, 4.69) is 5.32 Å². The number of cyclic esters (lactones) is 1. The highest BCUT2D eigenvalue weighted by Crippen LogP contribution is 2.21. The molecule has 8 nitrogen and oxygen atoms in total. The summed E-state index contributed by atoms with van der Waals surface area (Å²) in [5.74, 6) is -1.32. The summed E-state index contributed by atoms with van der Waals surface area (Å²) in [5.41, 5.74) is 0.644. The monoisotopic (exact) mass is 331 g/mol. The molecular formula is C16H17N3O5. The lowest BCUT2D eigenvalue weighted by Crippen LogP contribution is -2.41. The van der Waals surface area contributed by atoms with Crippen molar-refractivity contribution in [2.45, 2.75) is 6.42 Å². The van der Waals surface area contributed by atoms with Gasteiger partial charge in [-0.25, -0.2) is 4.79 Å². The molecule has 0 atom stereocenters. The largest absolute Gasteiger partial charge is 0.448 e. The van der Waals surface area contributed by atoms with Gasteiger partial charge >= 0.3 is 6.09 Å². The number of ether oxygens (including phenoxy) is 1. The highest BCUT2D eigenvalue weighted by molar-refractivity contribution is 6.22. The molecule has 0 aliphatic carbocycles. The molecule has 1 fully saturated rings. The predicted octanol–water partition coefficient (Wildman–Crippen LogP) is 0.241. The number of benzene rings is 1. The van der Waals surface area contributed by atoms with Gasteiger partial charge in [-0.05, 0) is 18.6 Å². The number of rotatable bonds is 6. The number of carbonyl (C=O) groups is 4. The molecule has 8 heteroatoms. The van der Waals surface area contributed by atoms with Crippen molar-refractivity contribution in [2.75, 3.05) is 32.8 Å². The molecule has 2 heterocycles. The van der Waals surface area contributed by atoms with Crippen molar-refractivity contribution in [1.82, 2.24) is 15.1 Å². The van der Waals surface area contributed by atoms with Crippen LogP contribution in [0.1, 0.15) is 27.1 Å². The Labute approximate surface area is 138 Å². The molecule has 3 rings (SSSR count). The van der Waals surface area contributed by atoms with E-state index in [9.17, 15) is 19.2 Å². The molecule has 0 bridgehead atoms. The maximum absolute atomic E-state index is 12.1. The average molecular weight is 331 g/mol. The molecule has 1 aromatic carbocycles. The molecule has 24 heavy (non-hydrogen) atoms. The van der Waals surface area contributed by atoms with Gasteiger partial charge in [-0.3, -0.25) is 19.3 Å². The van der Waals surface area contributed by atoms with E-state index >= 15 is 0 Å². The van der Waals surface area contributed by atoms with Crippen LogP contribution in [0.3, 0.4) is 0 Å². The first kappa shape index (κ1) is 16.0. The SMILES string of the molecule is O=C(CN1C(=O)c2ccccc2C1=O)NCCCN1CCOC1=O. The molecule has 1 aromatic rings. The number of fused-ring (bicyclic) bond motifs is 1. The second-order valence-corrected chi connectivity index (χ2v) is 5.55. The Morgan fingerprint density at radius 2 is 1.79 bits per heavy atom. The topological polar surface area (TPSA) is 96.0 Å². The Morgan fingerprint density at radius 1 is 1.12 bits per heavy atom. The summed E-state index contributed by atoms with van der Waals surface area (Å²) in [7, 11) is 0. The number of carbonyl (C=O) groups excluding carboxylic acids is 4. The molecule has 0 unspecified atom stereocenters. The highest BCUT2D eigenvalue weighted by Gasteiger charge is 2.36. The maximum atomic E-state index is 12.1. The van der Waals surface area contributed by atoms with Gasteiger partial charge in [0.25, 0.3) is 11.8 Å². The number of nitrogens with one attached hydrogen (secondary N) is 1. The fourth-order valence-electron chi connectivity index (χ4n) is 2.71. The summed E-state index contributed by atoms with van der Waals surface area (Å²) in [5, 5.41) is 2.65. The summed E-state index contributed by atoms with van der Waals surface area (Å²) < 4.78 is 4.80. The van der Waals surface area contributed by atoms with Crippen LogP contribution < -0.4 is 5.32 Å². The number of nitrogens with zero attached hydrogens (tertiary/aromatic N) is 2. The molecule has 1 saturated heterocycles. The van der Waals surface area contributed by atoms with E-state index in [-0.39, 0.29) is 12.6 Å². The van der Waals surface area contributed by atoms with Gasteiger partial charge in [0.05, 0.1) is 17.7 Å². The minimum absolute atomic E-state index is 0.307. The van der Waals surface area contributed by atoms with Crippen LogP contribution in [-0.4, -0.2) is 66.4 Å². The number of imide groups is 1. The smallest absolute Gasteiger partial charge is 0.409 e. The first-order chi connectivity index (χ1) is 11.6. The number of amides is 4. The molecule has 4 amide bonds. The van der Waals surface area contributed by atoms with Crippen LogP contribution in [0.5, 0.6) is 0 Å². The Bertz CT molecular complexity index is 668. The molecule has 0 spiro atoms. The quantitative estimate of drug-likeness (QED) is 0.595. The molecular weight excluding hydrogens is 314 g/mol. The first-order valence-corrected chi connectivity index (χ1v) is 7.71. The Kier molecular flexibility index (Phi) is 4.45. The standard InChI is InChI=1S/C16H17N3O5/c20-13(17-6-3-7-18-8-9-24-16(18)23)10-19-14(21)11-4-1-2-5-12(11)15(19)22/h1-2,4-5H,3,6-10H2,(H,17,20). The summed E-state index contributed by atoms with van der Waals surface area (Å²) in [6, 6.07) is 6.50. The third kappa shape index (κ3) is 3.08. The van der Waals surface area contributed by atoms with Crippen molar-refractivity contribution in [3.05, 3.63) is 35.4 Å². The Hall–Kier alpha value is -2.90. The van der Waals surface area contributed by atoms with Gasteiger partial charge < -0.3 is 15.0 Å². The molecule has 2 aliphatic heterocycles. The third-order valence-electron chi connectivity index (χ3n) is 3.95. The van der Waals surface area contributed by atoms with Crippen LogP contribution in [0.2, 0.25) is 0 Å². The van der Waals surface area contributed by atoms with Crippen molar-refractivity contribution in [1.29, 1.82) is 0 Å². The first-order valence-electron chi connectivity index (χ1n) is 7.71. The number of hydrogen-bond donors (Lipinski definition) is 1. The average Bonchev–Trinajstić information content (AvgIpc) is 3.09. The lowest BCUT2D eigenvalue weighted by molar-refractivity contribution is -0.121. The molecule has 0 radical (unpaired) electrons. The van der Waals surface area contributed by atoms with Crippen molar-refractivity contribution in [3.63, 3.8) is 0 Å². The van der Waals surface area contributed by atoms with Gasteiger partial charge in [0.1, 0.15) is 13.2 Å². The van der Waals surface area contributed by atoms with Crippen LogP contribution in [0.4, 0.5) is 4.79 Å². The van der Waals surface area contributed by atoms with Crippen LogP contribution in [0, 0.1) is 0 Å². The maximum Gasteiger partial charge on any atom is 0.409 e. The van der Waals surface area contributed by atoms with E-state index in [1.165, 1.54) is 0 Å². The minimum Gasteiger partial charge on any atom is -0.448 e. The van der Waals surface area contributed by atoms with Gasteiger partial charge in [-0.15, -0.1) is 0 Å². The lowest BCUT2D eigenvalue weighted by Gasteiger charge is -2.15. The number of hydrogen-bond acceptors (Lipinski definition) is 5. The molecule has 126 valence electrons. The second-order valence-electron chi connectivity index (χ2n) is 5.55. The fourth-order valence-corrected chi connectivity index (χ4v) is 2.71. The van der Waals surface area contributed by atoms with E-state index < -0.39 is 17.7 Å². The van der Waals surface area contributed by atoms with Crippen molar-refractivity contribution < 1.29 is 23.9 Å². The second kappa shape index (κ2) is 6.69. The summed E-state index contributed by atoms with van der Waals surface area (Å²) >= 11 is 0. The minimum atomic E-state index is -0.453. The molecule has 2 aliphatic rings. The van der Waals surface area contributed by atoms with E-state index in [0.717, 1.165) is 4.90 Å². The summed E-state index contributed by atoms with van der Waals surface area (Å²) in [4.78, 5) is 50.0. The third-order valence-corrected chi connectivity index (χ3v) is 3.95. The van der Waals surface area contributed by atoms with Crippen LogP contribution in [0.25, 0.3) is 0 Å². The zero-order chi connectivity index (χ0) is 17.1. The lowest BCUT2D eigenvalue weighted by atomic mass is 10.1. The molecule has 0 aromatic heterocycles. The highest BCUT2D eigenvalue weighted by atomic mass is 16.6. The van der Waals surface area contributed by atoms with Crippen molar-refractivity contribution in [3.8, 4) is 0 Å². The van der Waals surface area contributed by atoms with Crippen LogP contribution >= 0.6 is 0 Å². The van der Waals surface area contributed by atoms with E-state index in [0.29, 0.717) is 43.8 Å². The molecule has 0 saturated carbocycles. The summed E-state index contributed by atoms with van der Waals surface area (Å²) in [6.45, 7) is 1.49. The Morgan fingerprint density at radius 3 is 2.38 bits per heavy atom. The van der Waals surface area contributed by atoms with Gasteiger partial charge in [0.2, 0.25) is 5.91 Å². The van der Waals surface area contributed by atoms with Gasteiger partial charge in [-0.1, -0.05) is 12.1 Å².